The Hall–Kier alpha value is -1.91. The van der Waals surface area contributed by atoms with Gasteiger partial charge in [0, 0.05) is 18.4 Å². The third kappa shape index (κ3) is 2.92. The number of amides is 1. The predicted molar refractivity (Wildman–Crippen MR) is 69.6 cm³/mol. The SMILES string of the molecule is CC(C(=O)N(C1CC1)C(C)C(=O)O)c1cccnc1. The molecular formula is C14H18N2O3. The van der Waals surface area contributed by atoms with Gasteiger partial charge in [-0.2, -0.15) is 0 Å². The fourth-order valence-corrected chi connectivity index (χ4v) is 2.16. The highest BCUT2D eigenvalue weighted by Crippen LogP contribution is 2.31. The number of aromatic nitrogens is 1. The fraction of sp³-hybridized carbons (Fsp3) is 0.500. The zero-order valence-corrected chi connectivity index (χ0v) is 11.1. The van der Waals surface area contributed by atoms with E-state index < -0.39 is 12.0 Å². The van der Waals surface area contributed by atoms with Gasteiger partial charge in [-0.1, -0.05) is 6.07 Å². The van der Waals surface area contributed by atoms with E-state index in [1.807, 2.05) is 6.07 Å². The van der Waals surface area contributed by atoms with Crippen molar-refractivity contribution in [2.24, 2.45) is 0 Å². The number of hydrogen-bond acceptors (Lipinski definition) is 3. The molecule has 2 atom stereocenters. The summed E-state index contributed by atoms with van der Waals surface area (Å²) in [5.74, 6) is -1.46. The fourth-order valence-electron chi connectivity index (χ4n) is 2.16. The summed E-state index contributed by atoms with van der Waals surface area (Å²) >= 11 is 0. The predicted octanol–water partition coefficient (Wildman–Crippen LogP) is 1.65. The van der Waals surface area contributed by atoms with Crippen LogP contribution in [0.15, 0.2) is 24.5 Å². The number of nitrogens with zero attached hydrogens (tertiary/aromatic N) is 2. The molecule has 1 heterocycles. The van der Waals surface area contributed by atoms with Crippen LogP contribution in [0.25, 0.3) is 0 Å². The van der Waals surface area contributed by atoms with Gasteiger partial charge in [0.25, 0.3) is 0 Å². The minimum Gasteiger partial charge on any atom is -0.480 e. The van der Waals surface area contributed by atoms with Crippen LogP contribution < -0.4 is 0 Å². The van der Waals surface area contributed by atoms with E-state index in [4.69, 9.17) is 5.11 Å². The minimum atomic E-state index is -0.960. The van der Waals surface area contributed by atoms with Gasteiger partial charge in [0.2, 0.25) is 5.91 Å². The molecule has 0 radical (unpaired) electrons. The van der Waals surface area contributed by atoms with Gasteiger partial charge in [-0.3, -0.25) is 9.78 Å². The van der Waals surface area contributed by atoms with Crippen molar-refractivity contribution in [3.8, 4) is 0 Å². The van der Waals surface area contributed by atoms with Crippen molar-refractivity contribution < 1.29 is 14.7 Å². The Labute approximate surface area is 112 Å². The van der Waals surface area contributed by atoms with Crippen molar-refractivity contribution in [1.29, 1.82) is 0 Å². The molecule has 19 heavy (non-hydrogen) atoms. The molecule has 2 unspecified atom stereocenters. The maximum Gasteiger partial charge on any atom is 0.326 e. The lowest BCUT2D eigenvalue weighted by Crippen LogP contribution is -2.46. The molecule has 1 aliphatic rings. The largest absolute Gasteiger partial charge is 0.480 e. The first-order valence-electron chi connectivity index (χ1n) is 6.47. The number of pyridine rings is 1. The monoisotopic (exact) mass is 262 g/mol. The molecule has 0 aliphatic heterocycles. The molecule has 1 saturated carbocycles. The first-order chi connectivity index (χ1) is 9.02. The summed E-state index contributed by atoms with van der Waals surface area (Å²) in [6.07, 6.45) is 5.09. The molecule has 0 spiro atoms. The summed E-state index contributed by atoms with van der Waals surface area (Å²) in [7, 11) is 0. The van der Waals surface area contributed by atoms with Crippen LogP contribution in [0.5, 0.6) is 0 Å². The molecule has 0 bridgehead atoms. The number of aliphatic carboxylic acids is 1. The third-order valence-electron chi connectivity index (χ3n) is 3.52. The molecule has 1 aromatic heterocycles. The summed E-state index contributed by atoms with van der Waals surface area (Å²) in [6.45, 7) is 3.36. The van der Waals surface area contributed by atoms with Gasteiger partial charge in [0.15, 0.2) is 0 Å². The smallest absolute Gasteiger partial charge is 0.326 e. The summed E-state index contributed by atoms with van der Waals surface area (Å²) in [4.78, 5) is 29.2. The van der Waals surface area contributed by atoms with Crippen LogP contribution in [0.2, 0.25) is 0 Å². The van der Waals surface area contributed by atoms with Gasteiger partial charge in [0.05, 0.1) is 5.92 Å². The maximum atomic E-state index is 12.5. The summed E-state index contributed by atoms with van der Waals surface area (Å²) in [6, 6.07) is 2.92. The summed E-state index contributed by atoms with van der Waals surface area (Å²) in [5.41, 5.74) is 0.815. The van der Waals surface area contributed by atoms with Crippen LogP contribution in [0, 0.1) is 0 Å². The number of carboxylic acids is 1. The summed E-state index contributed by atoms with van der Waals surface area (Å²) < 4.78 is 0. The number of carbonyl (C=O) groups is 2. The average molecular weight is 262 g/mol. The minimum absolute atomic E-state index is 0.0812. The Morgan fingerprint density at radius 1 is 1.42 bits per heavy atom. The molecule has 1 N–H and O–H groups in total. The standard InChI is InChI=1S/C14H18N2O3/c1-9(11-4-3-7-15-8-11)13(17)16(12-5-6-12)10(2)14(18)19/h3-4,7-10,12H,5-6H2,1-2H3,(H,18,19). The van der Waals surface area contributed by atoms with Gasteiger partial charge in [-0.25, -0.2) is 4.79 Å². The lowest BCUT2D eigenvalue weighted by Gasteiger charge is -2.29. The first kappa shape index (κ1) is 13.5. The van der Waals surface area contributed by atoms with E-state index >= 15 is 0 Å². The Bertz CT molecular complexity index is 471. The van der Waals surface area contributed by atoms with Crippen molar-refractivity contribution >= 4 is 11.9 Å². The molecule has 1 aliphatic carbocycles. The molecule has 1 fully saturated rings. The lowest BCUT2D eigenvalue weighted by atomic mass is 10.0. The van der Waals surface area contributed by atoms with Crippen LogP contribution >= 0.6 is 0 Å². The van der Waals surface area contributed by atoms with Crippen molar-refractivity contribution in [2.75, 3.05) is 0 Å². The zero-order chi connectivity index (χ0) is 14.0. The van der Waals surface area contributed by atoms with Crippen molar-refractivity contribution in [3.05, 3.63) is 30.1 Å². The van der Waals surface area contributed by atoms with Gasteiger partial charge in [-0.15, -0.1) is 0 Å². The van der Waals surface area contributed by atoms with Crippen LogP contribution in [0.1, 0.15) is 38.2 Å². The van der Waals surface area contributed by atoms with E-state index in [2.05, 4.69) is 4.98 Å². The number of rotatable bonds is 5. The van der Waals surface area contributed by atoms with Crippen molar-refractivity contribution in [2.45, 2.75) is 44.7 Å². The number of carboxylic acid groups (broad SMARTS) is 1. The van der Waals surface area contributed by atoms with E-state index in [9.17, 15) is 9.59 Å². The molecule has 102 valence electrons. The highest BCUT2D eigenvalue weighted by Gasteiger charge is 2.40. The van der Waals surface area contributed by atoms with Gasteiger partial charge in [0.1, 0.15) is 6.04 Å². The van der Waals surface area contributed by atoms with Crippen LogP contribution in [0.3, 0.4) is 0 Å². The topological polar surface area (TPSA) is 70.5 Å². The van der Waals surface area contributed by atoms with Gasteiger partial charge >= 0.3 is 5.97 Å². The molecule has 0 saturated heterocycles. The Balaban J connectivity index is 2.18. The van der Waals surface area contributed by atoms with E-state index in [-0.39, 0.29) is 17.9 Å². The molecule has 1 amide bonds. The van der Waals surface area contributed by atoms with E-state index in [0.29, 0.717) is 0 Å². The Morgan fingerprint density at radius 2 is 2.11 bits per heavy atom. The Morgan fingerprint density at radius 3 is 2.58 bits per heavy atom. The second-order valence-corrected chi connectivity index (χ2v) is 5.00. The van der Waals surface area contributed by atoms with Crippen molar-refractivity contribution in [3.63, 3.8) is 0 Å². The highest BCUT2D eigenvalue weighted by molar-refractivity contribution is 5.88. The molecular weight excluding hydrogens is 244 g/mol. The average Bonchev–Trinajstić information content (AvgIpc) is 3.23. The molecule has 2 rings (SSSR count). The quantitative estimate of drug-likeness (QED) is 0.876. The second kappa shape index (κ2) is 5.38. The van der Waals surface area contributed by atoms with Crippen molar-refractivity contribution in [1.82, 2.24) is 9.88 Å². The van der Waals surface area contributed by atoms with Crippen LogP contribution in [-0.4, -0.2) is 39.0 Å². The maximum absolute atomic E-state index is 12.5. The number of hydrogen-bond donors (Lipinski definition) is 1. The highest BCUT2D eigenvalue weighted by atomic mass is 16.4. The normalized spacial score (nSPS) is 17.6. The summed E-state index contributed by atoms with van der Waals surface area (Å²) in [5, 5.41) is 9.12. The van der Waals surface area contributed by atoms with Gasteiger partial charge in [-0.05, 0) is 38.3 Å². The lowest BCUT2D eigenvalue weighted by molar-refractivity contribution is -0.150. The van der Waals surface area contributed by atoms with Gasteiger partial charge < -0.3 is 10.0 Å². The molecule has 0 aromatic carbocycles. The zero-order valence-electron chi connectivity index (χ0n) is 11.1. The Kier molecular flexibility index (Phi) is 3.83. The number of carbonyl (C=O) groups excluding carboxylic acids is 1. The molecule has 5 nitrogen and oxygen atoms in total. The molecule has 5 heteroatoms. The van der Waals surface area contributed by atoms with Crippen LogP contribution in [0.4, 0.5) is 0 Å². The van der Waals surface area contributed by atoms with E-state index in [1.165, 1.54) is 4.90 Å². The third-order valence-corrected chi connectivity index (χ3v) is 3.52. The second-order valence-electron chi connectivity index (χ2n) is 5.00. The molecule has 1 aromatic rings. The first-order valence-corrected chi connectivity index (χ1v) is 6.47. The van der Waals surface area contributed by atoms with E-state index in [1.54, 1.807) is 32.3 Å². The van der Waals surface area contributed by atoms with E-state index in [0.717, 1.165) is 18.4 Å². The van der Waals surface area contributed by atoms with Crippen LogP contribution in [-0.2, 0) is 9.59 Å².